The Bertz CT molecular complexity index is 804. The van der Waals surface area contributed by atoms with Crippen LogP contribution in [0.3, 0.4) is 0 Å². The lowest BCUT2D eigenvalue weighted by Gasteiger charge is -2.27. The summed E-state index contributed by atoms with van der Waals surface area (Å²) in [6.45, 7) is 1.45. The maximum Gasteiger partial charge on any atom is 0.258 e. The maximum absolute atomic E-state index is 13.9. The van der Waals surface area contributed by atoms with E-state index in [0.717, 1.165) is 32.4 Å². The molecule has 2 aromatic rings. The largest absolute Gasteiger partial charge is 0.339 e. The molecule has 2 aromatic carbocycles. The van der Waals surface area contributed by atoms with Crippen LogP contribution >= 0.6 is 15.9 Å². The molecule has 130 valence electrons. The molecule has 3 rings (SSSR count). The van der Waals surface area contributed by atoms with Crippen LogP contribution in [-0.2, 0) is 0 Å². The fourth-order valence-electron chi connectivity index (χ4n) is 2.91. The molecule has 0 aliphatic carbocycles. The zero-order valence-corrected chi connectivity index (χ0v) is 15.2. The number of nitrogens with one attached hydrogen (secondary N) is 1. The Hall–Kier alpha value is -2.21. The van der Waals surface area contributed by atoms with Crippen LogP contribution in [0.25, 0.3) is 0 Å². The van der Waals surface area contributed by atoms with Crippen molar-refractivity contribution in [3.05, 3.63) is 63.9 Å². The number of likely N-dealkylation sites (tertiary alicyclic amines) is 1. The first kappa shape index (κ1) is 17.6. The number of carbonyl (C=O) groups excluding carboxylic acids is 2. The Morgan fingerprint density at radius 3 is 2.48 bits per heavy atom. The molecule has 0 radical (unpaired) electrons. The second-order valence-corrected chi connectivity index (χ2v) is 6.89. The van der Waals surface area contributed by atoms with Gasteiger partial charge in [0.15, 0.2) is 0 Å². The molecule has 1 saturated heterocycles. The smallest absolute Gasteiger partial charge is 0.258 e. The number of amides is 2. The van der Waals surface area contributed by atoms with Gasteiger partial charge in [0.2, 0.25) is 0 Å². The van der Waals surface area contributed by atoms with Crippen molar-refractivity contribution in [2.45, 2.75) is 19.3 Å². The molecule has 1 fully saturated rings. The monoisotopic (exact) mass is 404 g/mol. The molecule has 1 heterocycles. The third-order valence-corrected chi connectivity index (χ3v) is 4.72. The van der Waals surface area contributed by atoms with Gasteiger partial charge in [-0.2, -0.15) is 0 Å². The number of halogens is 2. The van der Waals surface area contributed by atoms with Gasteiger partial charge in [-0.15, -0.1) is 0 Å². The lowest BCUT2D eigenvalue weighted by atomic mass is 10.1. The maximum atomic E-state index is 13.9. The molecule has 0 unspecified atom stereocenters. The normalized spacial score (nSPS) is 14.2. The van der Waals surface area contributed by atoms with E-state index in [1.807, 2.05) is 0 Å². The first-order valence-corrected chi connectivity index (χ1v) is 9.00. The van der Waals surface area contributed by atoms with E-state index in [1.165, 1.54) is 18.2 Å². The van der Waals surface area contributed by atoms with Crippen LogP contribution in [0.15, 0.2) is 46.9 Å². The first-order chi connectivity index (χ1) is 12.1. The molecule has 6 heteroatoms. The van der Waals surface area contributed by atoms with Crippen molar-refractivity contribution in [3.63, 3.8) is 0 Å². The zero-order chi connectivity index (χ0) is 17.8. The number of anilines is 1. The Balaban J connectivity index is 1.84. The summed E-state index contributed by atoms with van der Waals surface area (Å²) >= 11 is 3.23. The lowest BCUT2D eigenvalue weighted by Crippen LogP contribution is -2.36. The van der Waals surface area contributed by atoms with Crippen molar-refractivity contribution in [1.29, 1.82) is 0 Å². The van der Waals surface area contributed by atoms with Crippen LogP contribution in [0.5, 0.6) is 0 Å². The highest BCUT2D eigenvalue weighted by Crippen LogP contribution is 2.22. The summed E-state index contributed by atoms with van der Waals surface area (Å²) in [5.41, 5.74) is 0.741. The molecular formula is C19H18BrFN2O2. The number of hydrogen-bond donors (Lipinski definition) is 1. The summed E-state index contributed by atoms with van der Waals surface area (Å²) in [6.07, 6.45) is 3.11. The van der Waals surface area contributed by atoms with Crippen molar-refractivity contribution in [2.75, 3.05) is 18.4 Å². The van der Waals surface area contributed by atoms with E-state index < -0.39 is 11.7 Å². The van der Waals surface area contributed by atoms with Crippen molar-refractivity contribution in [3.8, 4) is 0 Å². The first-order valence-electron chi connectivity index (χ1n) is 8.21. The van der Waals surface area contributed by atoms with E-state index in [9.17, 15) is 14.0 Å². The van der Waals surface area contributed by atoms with Gasteiger partial charge >= 0.3 is 0 Å². The van der Waals surface area contributed by atoms with Crippen molar-refractivity contribution < 1.29 is 14.0 Å². The highest BCUT2D eigenvalue weighted by Gasteiger charge is 2.22. The third kappa shape index (κ3) is 4.07. The van der Waals surface area contributed by atoms with Crippen molar-refractivity contribution >= 4 is 33.4 Å². The number of rotatable bonds is 3. The second kappa shape index (κ2) is 7.78. The second-order valence-electron chi connectivity index (χ2n) is 5.98. The van der Waals surface area contributed by atoms with E-state index >= 15 is 0 Å². The van der Waals surface area contributed by atoms with Crippen molar-refractivity contribution in [1.82, 2.24) is 4.90 Å². The van der Waals surface area contributed by atoms with Gasteiger partial charge in [0.25, 0.3) is 11.8 Å². The molecule has 0 spiro atoms. The Kier molecular flexibility index (Phi) is 5.48. The Morgan fingerprint density at radius 2 is 1.72 bits per heavy atom. The average Bonchev–Trinajstić information content (AvgIpc) is 2.64. The van der Waals surface area contributed by atoms with E-state index in [4.69, 9.17) is 0 Å². The van der Waals surface area contributed by atoms with Gasteiger partial charge in [-0.25, -0.2) is 4.39 Å². The topological polar surface area (TPSA) is 49.4 Å². The van der Waals surface area contributed by atoms with Crippen LogP contribution in [0.4, 0.5) is 10.1 Å². The summed E-state index contributed by atoms with van der Waals surface area (Å²) in [5.74, 6) is -1.30. The molecule has 1 N–H and O–H groups in total. The molecule has 25 heavy (non-hydrogen) atoms. The minimum absolute atomic E-state index is 0.0744. The number of hydrogen-bond acceptors (Lipinski definition) is 2. The quantitative estimate of drug-likeness (QED) is 0.820. The minimum Gasteiger partial charge on any atom is -0.339 e. The molecule has 4 nitrogen and oxygen atoms in total. The lowest BCUT2D eigenvalue weighted by molar-refractivity contribution is 0.0725. The number of carbonyl (C=O) groups is 2. The van der Waals surface area contributed by atoms with Gasteiger partial charge in [0, 0.05) is 17.6 Å². The molecule has 0 atom stereocenters. The van der Waals surface area contributed by atoms with E-state index in [1.54, 1.807) is 29.2 Å². The average molecular weight is 405 g/mol. The molecule has 1 aliphatic heterocycles. The van der Waals surface area contributed by atoms with Crippen LogP contribution in [0.1, 0.15) is 40.0 Å². The van der Waals surface area contributed by atoms with Gasteiger partial charge in [-0.1, -0.05) is 28.1 Å². The van der Waals surface area contributed by atoms with E-state index in [-0.39, 0.29) is 11.5 Å². The number of para-hydroxylation sites is 1. The molecule has 2 amide bonds. The minimum atomic E-state index is -0.611. The Morgan fingerprint density at radius 1 is 1.00 bits per heavy atom. The Labute approximate surface area is 154 Å². The fourth-order valence-corrected chi connectivity index (χ4v) is 3.27. The summed E-state index contributed by atoms with van der Waals surface area (Å²) < 4.78 is 14.5. The van der Waals surface area contributed by atoms with Crippen LogP contribution in [-0.4, -0.2) is 29.8 Å². The standard InChI is InChI=1S/C19H18BrFN2O2/c20-13-8-9-16(21)15(12-13)18(24)22-17-7-3-2-6-14(17)19(25)23-10-4-1-5-11-23/h2-3,6-9,12H,1,4-5,10-11H2,(H,22,24). The predicted octanol–water partition coefficient (Wildman–Crippen LogP) is 4.47. The van der Waals surface area contributed by atoms with Gasteiger partial charge in [-0.05, 0) is 49.6 Å². The molecule has 0 bridgehead atoms. The fraction of sp³-hybridized carbons (Fsp3) is 0.263. The number of piperidine rings is 1. The zero-order valence-electron chi connectivity index (χ0n) is 13.6. The van der Waals surface area contributed by atoms with E-state index in [0.29, 0.717) is 15.7 Å². The predicted molar refractivity (Wildman–Crippen MR) is 98.2 cm³/mol. The van der Waals surface area contributed by atoms with E-state index in [2.05, 4.69) is 21.2 Å². The third-order valence-electron chi connectivity index (χ3n) is 4.22. The van der Waals surface area contributed by atoms with Gasteiger partial charge in [0.1, 0.15) is 5.82 Å². The summed E-state index contributed by atoms with van der Waals surface area (Å²) in [7, 11) is 0. The highest BCUT2D eigenvalue weighted by atomic mass is 79.9. The van der Waals surface area contributed by atoms with Crippen LogP contribution in [0, 0.1) is 5.82 Å². The molecule has 1 aliphatic rings. The summed E-state index contributed by atoms with van der Waals surface area (Å²) in [6, 6.07) is 11.0. The SMILES string of the molecule is O=C(Nc1ccccc1C(=O)N1CCCCC1)c1cc(Br)ccc1F. The summed E-state index contributed by atoms with van der Waals surface area (Å²) in [4.78, 5) is 27.0. The number of benzene rings is 2. The molecule has 0 saturated carbocycles. The van der Waals surface area contributed by atoms with Gasteiger partial charge in [0.05, 0.1) is 16.8 Å². The molecular weight excluding hydrogens is 387 g/mol. The van der Waals surface area contributed by atoms with Crippen LogP contribution in [0.2, 0.25) is 0 Å². The molecule has 0 aromatic heterocycles. The van der Waals surface area contributed by atoms with Crippen LogP contribution < -0.4 is 5.32 Å². The summed E-state index contributed by atoms with van der Waals surface area (Å²) in [5, 5.41) is 2.67. The highest BCUT2D eigenvalue weighted by molar-refractivity contribution is 9.10. The number of nitrogens with zero attached hydrogens (tertiary/aromatic N) is 1. The van der Waals surface area contributed by atoms with Crippen molar-refractivity contribution in [2.24, 2.45) is 0 Å². The van der Waals surface area contributed by atoms with Gasteiger partial charge in [-0.3, -0.25) is 9.59 Å². The van der Waals surface area contributed by atoms with Gasteiger partial charge < -0.3 is 10.2 Å².